The van der Waals surface area contributed by atoms with Crippen molar-refractivity contribution in [1.82, 2.24) is 19.9 Å². The van der Waals surface area contributed by atoms with Gasteiger partial charge >= 0.3 is 0 Å². The van der Waals surface area contributed by atoms with Gasteiger partial charge in [-0.25, -0.2) is 9.97 Å². The summed E-state index contributed by atoms with van der Waals surface area (Å²) < 4.78 is 6.04. The minimum atomic E-state index is -0.184. The van der Waals surface area contributed by atoms with E-state index in [1.165, 1.54) is 0 Å². The van der Waals surface area contributed by atoms with Gasteiger partial charge in [0.2, 0.25) is 17.6 Å². The highest BCUT2D eigenvalue weighted by molar-refractivity contribution is 6.08. The molecule has 1 aliphatic heterocycles. The van der Waals surface area contributed by atoms with Gasteiger partial charge in [0.25, 0.3) is 0 Å². The first kappa shape index (κ1) is 19.9. The monoisotopic (exact) mass is 426 g/mol. The molecule has 1 aliphatic rings. The number of hydrogen-bond acceptors (Lipinski definition) is 5. The van der Waals surface area contributed by atoms with E-state index >= 15 is 0 Å². The van der Waals surface area contributed by atoms with Crippen LogP contribution in [0.3, 0.4) is 0 Å². The summed E-state index contributed by atoms with van der Waals surface area (Å²) in [5.41, 5.74) is 3.02. The Labute approximate surface area is 185 Å². The molecule has 7 nitrogen and oxygen atoms in total. The Hall–Kier alpha value is -4.00. The molecular weight excluding hydrogens is 404 g/mol. The molecule has 7 heteroatoms. The van der Waals surface area contributed by atoms with Gasteiger partial charge in [0.15, 0.2) is 5.82 Å². The van der Waals surface area contributed by atoms with Crippen LogP contribution >= 0.6 is 0 Å². The molecule has 1 N–H and O–H groups in total. The average Bonchev–Trinajstić information content (AvgIpc) is 3.26. The third-order valence-corrected chi connectivity index (χ3v) is 5.84. The van der Waals surface area contributed by atoms with Crippen molar-refractivity contribution >= 4 is 22.7 Å². The van der Waals surface area contributed by atoms with Crippen LogP contribution in [0.2, 0.25) is 0 Å². The van der Waals surface area contributed by atoms with Gasteiger partial charge in [-0.15, -0.1) is 0 Å². The molecule has 0 radical (unpaired) electrons. The highest BCUT2D eigenvalue weighted by atomic mass is 16.5. The number of carbonyl (C=O) groups is 2. The number of hydrogen-bond donors (Lipinski definition) is 1. The van der Waals surface area contributed by atoms with Gasteiger partial charge in [0.1, 0.15) is 5.75 Å². The second-order valence-corrected chi connectivity index (χ2v) is 7.96. The van der Waals surface area contributed by atoms with Crippen LogP contribution in [0.5, 0.6) is 11.6 Å². The van der Waals surface area contributed by atoms with E-state index in [2.05, 4.69) is 15.0 Å². The van der Waals surface area contributed by atoms with Crippen molar-refractivity contribution in [1.29, 1.82) is 0 Å². The maximum absolute atomic E-state index is 12.8. The van der Waals surface area contributed by atoms with E-state index in [0.29, 0.717) is 29.4 Å². The fourth-order valence-corrected chi connectivity index (χ4v) is 3.99. The molecule has 160 valence electrons. The second kappa shape index (κ2) is 8.26. The fourth-order valence-electron chi connectivity index (χ4n) is 3.99. The molecule has 0 saturated carbocycles. The summed E-state index contributed by atoms with van der Waals surface area (Å²) in [5, 5.41) is 0. The molecule has 1 fully saturated rings. The highest BCUT2D eigenvalue weighted by Crippen LogP contribution is 2.35. The van der Waals surface area contributed by atoms with Crippen molar-refractivity contribution in [2.75, 3.05) is 13.6 Å². The van der Waals surface area contributed by atoms with Crippen LogP contribution in [0.25, 0.3) is 11.0 Å². The maximum atomic E-state index is 12.8. The highest BCUT2D eigenvalue weighted by Gasteiger charge is 2.27. The summed E-state index contributed by atoms with van der Waals surface area (Å²) >= 11 is 0. The lowest BCUT2D eigenvalue weighted by atomic mass is 9.90. The van der Waals surface area contributed by atoms with Gasteiger partial charge in [0, 0.05) is 37.3 Å². The molecule has 1 atom stereocenters. The van der Waals surface area contributed by atoms with Gasteiger partial charge in [-0.2, -0.15) is 0 Å². The van der Waals surface area contributed by atoms with Crippen LogP contribution in [0.4, 0.5) is 0 Å². The smallest absolute Gasteiger partial charge is 0.228 e. The Morgan fingerprint density at radius 1 is 1.09 bits per heavy atom. The van der Waals surface area contributed by atoms with Crippen LogP contribution in [0.15, 0.2) is 66.9 Å². The van der Waals surface area contributed by atoms with Gasteiger partial charge in [-0.05, 0) is 54.8 Å². The van der Waals surface area contributed by atoms with E-state index in [-0.39, 0.29) is 17.6 Å². The van der Waals surface area contributed by atoms with E-state index < -0.39 is 0 Å². The van der Waals surface area contributed by atoms with Crippen LogP contribution in [0.1, 0.15) is 40.5 Å². The summed E-state index contributed by atoms with van der Waals surface area (Å²) in [5.74, 6) is 1.40. The molecule has 2 aromatic heterocycles. The number of likely N-dealkylation sites (tertiary alicyclic amines) is 1. The minimum Gasteiger partial charge on any atom is -0.439 e. The molecule has 1 unspecified atom stereocenters. The minimum absolute atomic E-state index is 0.0799. The molecule has 2 aromatic carbocycles. The summed E-state index contributed by atoms with van der Waals surface area (Å²) in [6.45, 7) is 0.719. The normalized spacial score (nSPS) is 16.3. The number of fused-ring (bicyclic) bond motifs is 1. The van der Waals surface area contributed by atoms with E-state index in [9.17, 15) is 9.59 Å². The lowest BCUT2D eigenvalue weighted by Gasteiger charge is -2.29. The third-order valence-electron chi connectivity index (χ3n) is 5.84. The number of nitrogens with one attached hydrogen (secondary N) is 1. The van der Waals surface area contributed by atoms with Gasteiger partial charge in [-0.3, -0.25) is 9.59 Å². The Bertz CT molecular complexity index is 1260. The number of ether oxygens (including phenoxy) is 1. The number of amides is 1. The number of aromatic amines is 1. The van der Waals surface area contributed by atoms with Crippen molar-refractivity contribution in [2.45, 2.75) is 18.8 Å². The first-order valence-electron chi connectivity index (χ1n) is 10.5. The zero-order valence-corrected chi connectivity index (χ0v) is 17.6. The number of imidazole rings is 1. The topological polar surface area (TPSA) is 88.2 Å². The van der Waals surface area contributed by atoms with E-state index in [1.54, 1.807) is 35.4 Å². The summed E-state index contributed by atoms with van der Waals surface area (Å²) in [4.78, 5) is 38.6. The number of piperidine rings is 1. The zero-order valence-electron chi connectivity index (χ0n) is 17.6. The van der Waals surface area contributed by atoms with Crippen LogP contribution in [0, 0.1) is 0 Å². The van der Waals surface area contributed by atoms with Crippen molar-refractivity contribution in [3.8, 4) is 11.6 Å². The number of aromatic nitrogens is 3. The first-order chi connectivity index (χ1) is 15.6. The van der Waals surface area contributed by atoms with Crippen molar-refractivity contribution in [2.24, 2.45) is 0 Å². The van der Waals surface area contributed by atoms with Crippen molar-refractivity contribution in [3.05, 3.63) is 83.8 Å². The number of benzene rings is 2. The summed E-state index contributed by atoms with van der Waals surface area (Å²) in [7, 11) is 1.83. The number of para-hydroxylation sites is 2. The standard InChI is InChI=1S/C25H22N4O3/c1-29-14-12-17(15-22(29)30)19-5-4-13-26-25(19)32-18-10-8-16(9-11-18)23(31)24-27-20-6-2-3-7-21(20)28-24/h2-11,13,17H,12,14-15H2,1H3,(H,27,28). The van der Waals surface area contributed by atoms with Gasteiger partial charge in [-0.1, -0.05) is 18.2 Å². The number of H-pyrrole nitrogens is 1. The predicted octanol–water partition coefficient (Wildman–Crippen LogP) is 4.32. The first-order valence-corrected chi connectivity index (χ1v) is 10.5. The second-order valence-electron chi connectivity index (χ2n) is 7.96. The third kappa shape index (κ3) is 3.85. The number of ketones is 1. The quantitative estimate of drug-likeness (QED) is 0.480. The Morgan fingerprint density at radius 3 is 2.69 bits per heavy atom. The molecule has 5 rings (SSSR count). The summed E-state index contributed by atoms with van der Waals surface area (Å²) in [6, 6.07) is 18.3. The Morgan fingerprint density at radius 2 is 1.91 bits per heavy atom. The SMILES string of the molecule is CN1CCC(c2cccnc2Oc2ccc(C(=O)c3nc4ccccc4[nH]3)cc2)CC1=O. The van der Waals surface area contributed by atoms with Crippen molar-refractivity contribution < 1.29 is 14.3 Å². The van der Waals surface area contributed by atoms with E-state index in [1.807, 2.05) is 43.4 Å². The largest absolute Gasteiger partial charge is 0.439 e. The Balaban J connectivity index is 1.34. The van der Waals surface area contributed by atoms with Gasteiger partial charge < -0.3 is 14.6 Å². The molecular formula is C25H22N4O3. The lowest BCUT2D eigenvalue weighted by molar-refractivity contribution is -0.132. The fraction of sp³-hybridized carbons (Fsp3) is 0.200. The number of nitrogens with zero attached hydrogens (tertiary/aromatic N) is 3. The number of rotatable bonds is 5. The molecule has 32 heavy (non-hydrogen) atoms. The number of carbonyl (C=O) groups excluding carboxylic acids is 2. The van der Waals surface area contributed by atoms with Crippen LogP contribution in [-0.4, -0.2) is 45.1 Å². The Kier molecular flexibility index (Phi) is 5.15. The van der Waals surface area contributed by atoms with Gasteiger partial charge in [0.05, 0.1) is 11.0 Å². The van der Waals surface area contributed by atoms with E-state index in [4.69, 9.17) is 4.74 Å². The molecule has 1 saturated heterocycles. The molecule has 0 bridgehead atoms. The predicted molar refractivity (Wildman–Crippen MR) is 120 cm³/mol. The van der Waals surface area contributed by atoms with E-state index in [0.717, 1.165) is 29.6 Å². The molecule has 1 amide bonds. The summed E-state index contributed by atoms with van der Waals surface area (Å²) in [6.07, 6.45) is 2.99. The molecule has 3 heterocycles. The molecule has 0 aliphatic carbocycles. The van der Waals surface area contributed by atoms with Crippen molar-refractivity contribution in [3.63, 3.8) is 0 Å². The maximum Gasteiger partial charge on any atom is 0.228 e. The molecule has 0 spiro atoms. The zero-order chi connectivity index (χ0) is 22.1. The van der Waals surface area contributed by atoms with Crippen LogP contribution < -0.4 is 4.74 Å². The van der Waals surface area contributed by atoms with Crippen LogP contribution in [-0.2, 0) is 4.79 Å². The number of pyridine rings is 1. The average molecular weight is 426 g/mol. The lowest BCUT2D eigenvalue weighted by Crippen LogP contribution is -2.34. The molecule has 4 aromatic rings.